The first-order valence-electron chi connectivity index (χ1n) is 5.37. The molecule has 1 aromatic heterocycles. The Morgan fingerprint density at radius 2 is 2.40 bits per heavy atom. The van der Waals surface area contributed by atoms with E-state index >= 15 is 0 Å². The average Bonchev–Trinajstić information content (AvgIpc) is 3.05. The van der Waals surface area contributed by atoms with Gasteiger partial charge in [-0.05, 0) is 31.4 Å². The molecule has 2 rings (SSSR count). The normalized spacial score (nSPS) is 14.7. The summed E-state index contributed by atoms with van der Waals surface area (Å²) in [6, 6.07) is 4.91. The number of nitrogens with zero attached hydrogens (tertiary/aromatic N) is 3. The zero-order valence-corrected chi connectivity index (χ0v) is 8.98. The predicted octanol–water partition coefficient (Wildman–Crippen LogP) is 2.27. The Morgan fingerprint density at radius 1 is 1.60 bits per heavy atom. The standard InChI is InChI=1S/C12H15N3/c1-10-9-14-7-5-12(10)15(8-2-6-13)11-3-4-11/h5,7,9,11H,2-4,8H2,1H3. The molecular formula is C12H15N3. The third kappa shape index (κ3) is 2.27. The molecule has 0 spiro atoms. The molecule has 0 N–H and O–H groups in total. The van der Waals surface area contributed by atoms with E-state index in [1.54, 1.807) is 0 Å². The van der Waals surface area contributed by atoms with Crippen LogP contribution in [0.25, 0.3) is 0 Å². The van der Waals surface area contributed by atoms with Crippen molar-refractivity contribution in [3.8, 4) is 6.07 Å². The molecule has 3 heteroatoms. The van der Waals surface area contributed by atoms with Gasteiger partial charge in [0.2, 0.25) is 0 Å². The summed E-state index contributed by atoms with van der Waals surface area (Å²) in [5.41, 5.74) is 2.44. The van der Waals surface area contributed by atoms with Crippen LogP contribution in [0.5, 0.6) is 0 Å². The van der Waals surface area contributed by atoms with Gasteiger partial charge in [-0.3, -0.25) is 4.98 Å². The van der Waals surface area contributed by atoms with Crippen LogP contribution in [0.4, 0.5) is 5.69 Å². The van der Waals surface area contributed by atoms with Gasteiger partial charge in [0.1, 0.15) is 0 Å². The van der Waals surface area contributed by atoms with Gasteiger partial charge in [-0.2, -0.15) is 5.26 Å². The second-order valence-corrected chi connectivity index (χ2v) is 3.99. The molecule has 0 bridgehead atoms. The van der Waals surface area contributed by atoms with Crippen molar-refractivity contribution in [3.05, 3.63) is 24.0 Å². The van der Waals surface area contributed by atoms with Gasteiger partial charge in [-0.25, -0.2) is 0 Å². The molecule has 0 radical (unpaired) electrons. The molecule has 78 valence electrons. The second kappa shape index (κ2) is 4.31. The number of nitriles is 1. The lowest BCUT2D eigenvalue weighted by atomic mass is 10.2. The SMILES string of the molecule is Cc1cnccc1N(CCC#N)C1CC1. The fourth-order valence-corrected chi connectivity index (χ4v) is 1.84. The Morgan fingerprint density at radius 3 is 3.00 bits per heavy atom. The first kappa shape index (κ1) is 9.97. The highest BCUT2D eigenvalue weighted by molar-refractivity contribution is 5.53. The first-order valence-corrected chi connectivity index (χ1v) is 5.37. The highest BCUT2D eigenvalue weighted by Crippen LogP contribution is 2.32. The van der Waals surface area contributed by atoms with Crippen LogP contribution in [0.2, 0.25) is 0 Å². The summed E-state index contributed by atoms with van der Waals surface area (Å²) in [6.45, 7) is 2.91. The summed E-state index contributed by atoms with van der Waals surface area (Å²) in [6.07, 6.45) is 6.82. The number of anilines is 1. The van der Waals surface area contributed by atoms with Crippen LogP contribution in [0, 0.1) is 18.3 Å². The van der Waals surface area contributed by atoms with Gasteiger partial charge in [0.15, 0.2) is 0 Å². The molecule has 1 saturated carbocycles. The first-order chi connectivity index (χ1) is 7.33. The number of pyridine rings is 1. The molecule has 1 aromatic rings. The monoisotopic (exact) mass is 201 g/mol. The fraction of sp³-hybridized carbons (Fsp3) is 0.500. The molecule has 1 heterocycles. The van der Waals surface area contributed by atoms with Crippen LogP contribution in [0.1, 0.15) is 24.8 Å². The smallest absolute Gasteiger partial charge is 0.0640 e. The highest BCUT2D eigenvalue weighted by atomic mass is 15.2. The lowest BCUT2D eigenvalue weighted by Crippen LogP contribution is -2.27. The van der Waals surface area contributed by atoms with E-state index in [4.69, 9.17) is 5.26 Å². The summed E-state index contributed by atoms with van der Waals surface area (Å²) >= 11 is 0. The van der Waals surface area contributed by atoms with E-state index in [-0.39, 0.29) is 0 Å². The van der Waals surface area contributed by atoms with Crippen LogP contribution in [0.3, 0.4) is 0 Å². The van der Waals surface area contributed by atoms with E-state index in [2.05, 4.69) is 22.9 Å². The average molecular weight is 201 g/mol. The third-order valence-corrected chi connectivity index (χ3v) is 2.75. The molecule has 0 unspecified atom stereocenters. The maximum absolute atomic E-state index is 8.64. The summed E-state index contributed by atoms with van der Waals surface area (Å²) in [5.74, 6) is 0. The lowest BCUT2D eigenvalue weighted by Gasteiger charge is -2.25. The van der Waals surface area contributed by atoms with Crippen molar-refractivity contribution in [2.45, 2.75) is 32.2 Å². The van der Waals surface area contributed by atoms with Crippen LogP contribution in [0.15, 0.2) is 18.5 Å². The molecule has 0 saturated heterocycles. The molecular weight excluding hydrogens is 186 g/mol. The van der Waals surface area contributed by atoms with E-state index in [0.717, 1.165) is 6.54 Å². The molecule has 15 heavy (non-hydrogen) atoms. The number of hydrogen-bond donors (Lipinski definition) is 0. The van der Waals surface area contributed by atoms with Gasteiger partial charge in [0, 0.05) is 30.7 Å². The zero-order valence-electron chi connectivity index (χ0n) is 8.98. The summed E-state index contributed by atoms with van der Waals surface area (Å²) < 4.78 is 0. The van der Waals surface area contributed by atoms with Gasteiger partial charge in [-0.15, -0.1) is 0 Å². The van der Waals surface area contributed by atoms with Crippen molar-refractivity contribution < 1.29 is 0 Å². The Labute approximate surface area is 90.4 Å². The van der Waals surface area contributed by atoms with Gasteiger partial charge in [0.25, 0.3) is 0 Å². The van der Waals surface area contributed by atoms with Crippen molar-refractivity contribution in [3.63, 3.8) is 0 Å². The largest absolute Gasteiger partial charge is 0.367 e. The van der Waals surface area contributed by atoms with Crippen LogP contribution < -0.4 is 4.90 Å². The van der Waals surface area contributed by atoms with Crippen molar-refractivity contribution in [1.29, 1.82) is 5.26 Å². The zero-order chi connectivity index (χ0) is 10.7. The summed E-state index contributed by atoms with van der Waals surface area (Å²) in [5, 5.41) is 8.64. The minimum absolute atomic E-state index is 0.595. The Balaban J connectivity index is 2.17. The molecule has 1 fully saturated rings. The van der Waals surface area contributed by atoms with E-state index in [1.165, 1.54) is 24.1 Å². The number of rotatable bonds is 4. The van der Waals surface area contributed by atoms with Gasteiger partial charge in [0.05, 0.1) is 12.5 Å². The minimum atomic E-state index is 0.595. The van der Waals surface area contributed by atoms with Gasteiger partial charge in [-0.1, -0.05) is 0 Å². The van der Waals surface area contributed by atoms with Crippen molar-refractivity contribution >= 4 is 5.69 Å². The van der Waals surface area contributed by atoms with Crippen molar-refractivity contribution in [1.82, 2.24) is 4.98 Å². The van der Waals surface area contributed by atoms with Crippen LogP contribution >= 0.6 is 0 Å². The summed E-state index contributed by atoms with van der Waals surface area (Å²) in [7, 11) is 0. The van der Waals surface area contributed by atoms with E-state index in [1.807, 2.05) is 18.5 Å². The Hall–Kier alpha value is -1.56. The molecule has 0 aliphatic heterocycles. The maximum atomic E-state index is 8.64. The van der Waals surface area contributed by atoms with Crippen LogP contribution in [-0.4, -0.2) is 17.6 Å². The van der Waals surface area contributed by atoms with E-state index in [0.29, 0.717) is 12.5 Å². The summed E-state index contributed by atoms with van der Waals surface area (Å²) in [4.78, 5) is 6.44. The van der Waals surface area contributed by atoms with Gasteiger partial charge >= 0.3 is 0 Å². The minimum Gasteiger partial charge on any atom is -0.367 e. The van der Waals surface area contributed by atoms with E-state index in [9.17, 15) is 0 Å². The van der Waals surface area contributed by atoms with Crippen LogP contribution in [-0.2, 0) is 0 Å². The van der Waals surface area contributed by atoms with E-state index < -0.39 is 0 Å². The molecule has 3 nitrogen and oxygen atoms in total. The number of hydrogen-bond acceptors (Lipinski definition) is 3. The Kier molecular flexibility index (Phi) is 2.86. The Bertz CT molecular complexity index is 377. The number of aryl methyl sites for hydroxylation is 1. The maximum Gasteiger partial charge on any atom is 0.0640 e. The second-order valence-electron chi connectivity index (χ2n) is 3.99. The lowest BCUT2D eigenvalue weighted by molar-refractivity contribution is 0.788. The quantitative estimate of drug-likeness (QED) is 0.750. The third-order valence-electron chi connectivity index (χ3n) is 2.75. The number of aromatic nitrogens is 1. The molecule has 0 aromatic carbocycles. The topological polar surface area (TPSA) is 39.9 Å². The fourth-order valence-electron chi connectivity index (χ4n) is 1.84. The highest BCUT2D eigenvalue weighted by Gasteiger charge is 2.29. The van der Waals surface area contributed by atoms with Crippen molar-refractivity contribution in [2.75, 3.05) is 11.4 Å². The molecule has 0 atom stereocenters. The predicted molar refractivity (Wildman–Crippen MR) is 59.6 cm³/mol. The van der Waals surface area contributed by atoms with Crippen molar-refractivity contribution in [2.24, 2.45) is 0 Å². The molecule has 1 aliphatic rings. The van der Waals surface area contributed by atoms with Gasteiger partial charge < -0.3 is 4.90 Å². The molecule has 1 aliphatic carbocycles. The molecule has 0 amide bonds.